The summed E-state index contributed by atoms with van der Waals surface area (Å²) in [6.07, 6.45) is 4.03. The number of para-hydroxylation sites is 2. The Hall–Kier alpha value is -5.07. The van der Waals surface area contributed by atoms with Crippen molar-refractivity contribution in [2.75, 3.05) is 44.4 Å². The number of phenols is 2. The lowest BCUT2D eigenvalue weighted by Gasteiger charge is -2.37. The Bertz CT molecular complexity index is 1690. The Morgan fingerprint density at radius 2 is 1.70 bits per heavy atom. The smallest absolute Gasteiger partial charge is 0.255 e. The zero-order valence-electron chi connectivity index (χ0n) is 25.1. The van der Waals surface area contributed by atoms with Gasteiger partial charge in [0.05, 0.1) is 11.3 Å². The van der Waals surface area contributed by atoms with E-state index in [1.165, 1.54) is 12.5 Å². The molecule has 0 aliphatic carbocycles. The predicted octanol–water partition coefficient (Wildman–Crippen LogP) is 5.69. The summed E-state index contributed by atoms with van der Waals surface area (Å²) in [5, 5.41) is 33.8. The van der Waals surface area contributed by atoms with Gasteiger partial charge in [0, 0.05) is 43.5 Å². The molecule has 9 heteroatoms. The molecule has 3 aromatic carbocycles. The first-order valence-electron chi connectivity index (χ1n) is 14.9. The molecular weight excluding hydrogens is 552 g/mol. The summed E-state index contributed by atoms with van der Waals surface area (Å²) in [7, 11) is 4.01. The fourth-order valence-corrected chi connectivity index (χ4v) is 5.98. The van der Waals surface area contributed by atoms with Crippen molar-refractivity contribution in [3.63, 3.8) is 0 Å². The molecule has 0 saturated carbocycles. The van der Waals surface area contributed by atoms with Crippen molar-refractivity contribution in [3.05, 3.63) is 89.5 Å². The van der Waals surface area contributed by atoms with Crippen LogP contribution in [0.15, 0.2) is 72.8 Å². The number of carbonyl (C=O) groups excluding carboxylic acids is 1. The Kier molecular flexibility index (Phi) is 9.32. The average molecular weight is 591 g/mol. The first-order valence-corrected chi connectivity index (χ1v) is 14.9. The summed E-state index contributed by atoms with van der Waals surface area (Å²) >= 11 is 0. The van der Waals surface area contributed by atoms with Crippen LogP contribution in [0.3, 0.4) is 0 Å². The first-order chi connectivity index (χ1) is 21.3. The summed E-state index contributed by atoms with van der Waals surface area (Å²) in [5.74, 6) is -0.186. The highest BCUT2D eigenvalue weighted by Crippen LogP contribution is 2.39. The summed E-state index contributed by atoms with van der Waals surface area (Å²) < 4.78 is 0. The minimum absolute atomic E-state index is 0.0142. The molecule has 44 heavy (non-hydrogen) atoms. The van der Waals surface area contributed by atoms with Gasteiger partial charge in [-0.1, -0.05) is 36.8 Å². The summed E-state index contributed by atoms with van der Waals surface area (Å²) in [4.78, 5) is 21.9. The van der Waals surface area contributed by atoms with Gasteiger partial charge in [-0.15, -0.1) is 0 Å². The third kappa shape index (κ3) is 6.46. The van der Waals surface area contributed by atoms with Crippen molar-refractivity contribution in [1.82, 2.24) is 15.2 Å². The van der Waals surface area contributed by atoms with Crippen molar-refractivity contribution < 1.29 is 15.0 Å². The van der Waals surface area contributed by atoms with Crippen LogP contribution in [0, 0.1) is 11.3 Å². The van der Waals surface area contributed by atoms with Gasteiger partial charge in [-0.05, 0) is 85.9 Å². The Morgan fingerprint density at radius 3 is 2.39 bits per heavy atom. The second kappa shape index (κ2) is 13.5. The molecule has 1 aliphatic heterocycles. The highest BCUT2D eigenvalue weighted by atomic mass is 16.3. The number of benzene rings is 3. The molecule has 1 aliphatic rings. The SMILES string of the molecule is CN(C)c1ccc(-c2cc(-c3ccccc3O)nc(N)c2C#N)cc1C(CCNC(=O)c1ccccc1O)N1CCCCC1. The molecule has 1 aromatic heterocycles. The van der Waals surface area contributed by atoms with Gasteiger partial charge >= 0.3 is 0 Å². The maximum atomic E-state index is 12.9. The largest absolute Gasteiger partial charge is 0.507 e. The number of anilines is 2. The third-order valence-corrected chi connectivity index (χ3v) is 8.20. The van der Waals surface area contributed by atoms with Crippen LogP contribution in [0.1, 0.15) is 53.2 Å². The summed E-state index contributed by atoms with van der Waals surface area (Å²) in [5.41, 5.74) is 11.4. The van der Waals surface area contributed by atoms with E-state index in [1.54, 1.807) is 42.5 Å². The number of nitrogens with one attached hydrogen (secondary N) is 1. The topological polar surface area (TPSA) is 139 Å². The number of aromatic nitrogens is 1. The number of nitriles is 1. The molecule has 4 aromatic rings. The first kappa shape index (κ1) is 30.4. The molecule has 5 N–H and O–H groups in total. The van der Waals surface area contributed by atoms with E-state index in [2.05, 4.69) is 38.3 Å². The molecule has 0 spiro atoms. The van der Waals surface area contributed by atoms with Crippen LogP contribution < -0.4 is 16.0 Å². The number of nitrogens with two attached hydrogens (primary N) is 1. The van der Waals surface area contributed by atoms with Gasteiger partial charge in [0.15, 0.2) is 0 Å². The molecule has 5 rings (SSSR count). The van der Waals surface area contributed by atoms with E-state index in [9.17, 15) is 20.3 Å². The van der Waals surface area contributed by atoms with Gasteiger partial charge < -0.3 is 26.2 Å². The van der Waals surface area contributed by atoms with Gasteiger partial charge in [0.1, 0.15) is 28.9 Å². The van der Waals surface area contributed by atoms with Gasteiger partial charge in [0.2, 0.25) is 0 Å². The molecule has 1 atom stereocenters. The molecule has 1 amide bonds. The third-order valence-electron chi connectivity index (χ3n) is 8.20. The van der Waals surface area contributed by atoms with Crippen molar-refractivity contribution in [3.8, 4) is 40.0 Å². The number of amides is 1. The quantitative estimate of drug-likeness (QED) is 0.195. The Balaban J connectivity index is 1.55. The zero-order valence-corrected chi connectivity index (χ0v) is 25.1. The number of carbonyl (C=O) groups is 1. The number of likely N-dealkylation sites (tertiary alicyclic amines) is 1. The van der Waals surface area contributed by atoms with E-state index in [0.717, 1.165) is 42.7 Å². The molecule has 0 radical (unpaired) electrons. The Morgan fingerprint density at radius 1 is 1.00 bits per heavy atom. The van der Waals surface area contributed by atoms with Gasteiger partial charge in [-0.25, -0.2) is 4.98 Å². The molecule has 9 nitrogen and oxygen atoms in total. The monoisotopic (exact) mass is 590 g/mol. The van der Waals surface area contributed by atoms with Gasteiger partial charge in [-0.3, -0.25) is 9.69 Å². The maximum Gasteiger partial charge on any atom is 0.255 e. The molecule has 2 heterocycles. The van der Waals surface area contributed by atoms with Crippen LogP contribution >= 0.6 is 0 Å². The van der Waals surface area contributed by atoms with Crippen LogP contribution in [0.5, 0.6) is 11.5 Å². The normalized spacial score (nSPS) is 14.0. The highest BCUT2D eigenvalue weighted by Gasteiger charge is 2.27. The predicted molar refractivity (Wildman–Crippen MR) is 173 cm³/mol. The lowest BCUT2D eigenvalue weighted by atomic mass is 9.91. The number of phenolic OH excluding ortho intramolecular Hbond substituents is 2. The van der Waals surface area contributed by atoms with E-state index in [4.69, 9.17) is 5.73 Å². The molecular formula is C35H38N6O3. The lowest BCUT2D eigenvalue weighted by Crippen LogP contribution is -2.37. The maximum absolute atomic E-state index is 12.9. The number of aromatic hydroxyl groups is 2. The number of pyridine rings is 1. The fourth-order valence-electron chi connectivity index (χ4n) is 5.98. The molecule has 1 saturated heterocycles. The van der Waals surface area contributed by atoms with E-state index in [1.807, 2.05) is 26.2 Å². The average Bonchev–Trinajstić information content (AvgIpc) is 3.03. The number of hydrogen-bond donors (Lipinski definition) is 4. The van der Waals surface area contributed by atoms with E-state index in [-0.39, 0.29) is 40.4 Å². The summed E-state index contributed by atoms with van der Waals surface area (Å²) in [6.45, 7) is 2.30. The van der Waals surface area contributed by atoms with E-state index in [0.29, 0.717) is 29.8 Å². The number of hydrogen-bond acceptors (Lipinski definition) is 8. The van der Waals surface area contributed by atoms with Crippen LogP contribution in [-0.2, 0) is 0 Å². The van der Waals surface area contributed by atoms with Crippen LogP contribution in [0.2, 0.25) is 0 Å². The molecule has 226 valence electrons. The number of rotatable bonds is 9. The number of nitrogen functional groups attached to an aromatic ring is 1. The van der Waals surface area contributed by atoms with Crippen LogP contribution in [-0.4, -0.2) is 59.7 Å². The number of piperidine rings is 1. The van der Waals surface area contributed by atoms with Crippen LogP contribution in [0.25, 0.3) is 22.4 Å². The van der Waals surface area contributed by atoms with Crippen LogP contribution in [0.4, 0.5) is 11.5 Å². The second-order valence-electron chi connectivity index (χ2n) is 11.3. The molecule has 1 unspecified atom stereocenters. The highest BCUT2D eigenvalue weighted by molar-refractivity contribution is 5.96. The van der Waals surface area contributed by atoms with E-state index >= 15 is 0 Å². The minimum atomic E-state index is -0.315. The summed E-state index contributed by atoms with van der Waals surface area (Å²) in [6, 6.07) is 23.6. The Labute approximate surface area is 258 Å². The standard InChI is InChI=1S/C35H38N6O3/c1-40(2)30-15-14-23(26-21-29(39-34(37)28(26)22-36)24-10-4-6-12-32(24)42)20-27(30)31(41-18-8-3-9-19-41)16-17-38-35(44)25-11-5-7-13-33(25)43/h4-7,10-15,20-21,31,42-43H,3,8-9,16-19H2,1-2H3,(H2,37,39)(H,38,44). The second-order valence-corrected chi connectivity index (χ2v) is 11.3. The molecule has 1 fully saturated rings. The minimum Gasteiger partial charge on any atom is -0.507 e. The van der Waals surface area contributed by atoms with Crippen molar-refractivity contribution >= 4 is 17.4 Å². The zero-order chi connectivity index (χ0) is 31.2. The number of nitrogens with zero attached hydrogens (tertiary/aromatic N) is 4. The van der Waals surface area contributed by atoms with E-state index < -0.39 is 0 Å². The van der Waals surface area contributed by atoms with Crippen molar-refractivity contribution in [2.45, 2.75) is 31.7 Å². The van der Waals surface area contributed by atoms with Gasteiger partial charge in [-0.2, -0.15) is 5.26 Å². The van der Waals surface area contributed by atoms with Crippen molar-refractivity contribution in [2.24, 2.45) is 0 Å². The van der Waals surface area contributed by atoms with Gasteiger partial charge in [0.25, 0.3) is 5.91 Å². The lowest BCUT2D eigenvalue weighted by molar-refractivity contribution is 0.0941. The fraction of sp³-hybridized carbons (Fsp3) is 0.286. The van der Waals surface area contributed by atoms with Crippen molar-refractivity contribution in [1.29, 1.82) is 5.26 Å². The molecule has 0 bridgehead atoms.